The number of rotatable bonds is 4. The normalized spacial score (nSPS) is 17.3. The molecule has 0 fully saturated rings. The Morgan fingerprint density at radius 2 is 1.89 bits per heavy atom. The van der Waals surface area contributed by atoms with Gasteiger partial charge in [0, 0.05) is 37.4 Å². The molecule has 0 unspecified atom stereocenters. The number of pyridine rings is 1. The average molecular weight is 524 g/mol. The Bertz CT molecular complexity index is 1370. The molecule has 0 saturated carbocycles. The smallest absolute Gasteiger partial charge is 0.334 e. The van der Waals surface area contributed by atoms with Gasteiger partial charge < -0.3 is 4.74 Å². The van der Waals surface area contributed by atoms with E-state index in [-0.39, 0.29) is 35.7 Å². The number of benzene rings is 1. The third-order valence-electron chi connectivity index (χ3n) is 5.77. The Hall–Kier alpha value is -2.96. The number of aromatic nitrogens is 3. The molecular formula is C24H25F4N5O2S. The van der Waals surface area contributed by atoms with Gasteiger partial charge in [0.15, 0.2) is 0 Å². The highest BCUT2D eigenvalue weighted by Gasteiger charge is 2.51. The zero-order valence-corrected chi connectivity index (χ0v) is 20.9. The van der Waals surface area contributed by atoms with E-state index >= 15 is 8.78 Å². The maximum atomic E-state index is 15.0. The van der Waals surface area contributed by atoms with Gasteiger partial charge in [-0.05, 0) is 30.7 Å². The van der Waals surface area contributed by atoms with Crippen molar-refractivity contribution in [3.63, 3.8) is 0 Å². The monoisotopic (exact) mass is 523 g/mol. The topological polar surface area (TPSA) is 73.4 Å². The summed E-state index contributed by atoms with van der Waals surface area (Å²) in [7, 11) is 3.25. The number of nitrogens with one attached hydrogen (secondary N) is 1. The molecule has 0 saturated heterocycles. The van der Waals surface area contributed by atoms with Gasteiger partial charge >= 0.3 is 11.6 Å². The molecule has 192 valence electrons. The van der Waals surface area contributed by atoms with Crippen molar-refractivity contribution >= 4 is 17.8 Å². The van der Waals surface area contributed by atoms with Crippen LogP contribution in [0.3, 0.4) is 0 Å². The van der Waals surface area contributed by atoms with E-state index in [1.165, 1.54) is 6.07 Å². The van der Waals surface area contributed by atoms with Crippen molar-refractivity contribution in [1.82, 2.24) is 18.8 Å². The Morgan fingerprint density at radius 3 is 2.50 bits per heavy atom. The quantitative estimate of drug-likeness (QED) is 0.412. The van der Waals surface area contributed by atoms with Crippen molar-refractivity contribution in [3.05, 3.63) is 75.1 Å². The van der Waals surface area contributed by atoms with Crippen molar-refractivity contribution in [1.29, 1.82) is 0 Å². The van der Waals surface area contributed by atoms with Crippen molar-refractivity contribution in [3.8, 4) is 11.3 Å². The minimum absolute atomic E-state index is 0.0132. The van der Waals surface area contributed by atoms with Gasteiger partial charge in [-0.15, -0.1) is 0 Å². The van der Waals surface area contributed by atoms with Crippen LogP contribution >= 0.6 is 11.9 Å². The van der Waals surface area contributed by atoms with Crippen LogP contribution in [0.15, 0.2) is 40.2 Å². The van der Waals surface area contributed by atoms with E-state index in [1.54, 1.807) is 27.2 Å². The second-order valence-corrected chi connectivity index (χ2v) is 9.40. The maximum Gasteiger partial charge on any atom is 0.334 e. The zero-order valence-electron chi connectivity index (χ0n) is 20.1. The summed E-state index contributed by atoms with van der Waals surface area (Å²) < 4.78 is 68.3. The standard InChI is InChI=1S/C22H19F4N5OS.C2H6O/c1-3-33-29-15-9-30-16(22(15,25)26)10-31(21(30)32)20-17-12(8-27-20)7-11(2)28-19(17)18-13(23)5-4-6-14(18)24;1-3-2/h4-7,10,15,29H,3,8-9H2,1-2H3;1-2H3/t15-;/m1./s1. The van der Waals surface area contributed by atoms with E-state index in [0.29, 0.717) is 17.0 Å². The minimum Gasteiger partial charge on any atom is -0.388 e. The molecule has 1 atom stereocenters. The van der Waals surface area contributed by atoms with Crippen LogP contribution in [0.5, 0.6) is 0 Å². The molecule has 1 N–H and O–H groups in total. The molecule has 4 heterocycles. The molecule has 2 aliphatic heterocycles. The van der Waals surface area contributed by atoms with E-state index in [0.717, 1.165) is 39.4 Å². The molecule has 0 radical (unpaired) electrons. The van der Waals surface area contributed by atoms with E-state index in [1.807, 2.05) is 6.92 Å². The van der Waals surface area contributed by atoms with E-state index < -0.39 is 35.0 Å². The highest BCUT2D eigenvalue weighted by atomic mass is 32.2. The summed E-state index contributed by atoms with van der Waals surface area (Å²) in [5.74, 6) is -4.27. The summed E-state index contributed by atoms with van der Waals surface area (Å²) in [6.45, 7) is 3.45. The highest BCUT2D eigenvalue weighted by molar-refractivity contribution is 7.97. The number of halogens is 4. The summed E-state index contributed by atoms with van der Waals surface area (Å²) in [6, 6.07) is 3.96. The fraction of sp³-hybridized carbons (Fsp3) is 0.375. The van der Waals surface area contributed by atoms with Crippen LogP contribution in [-0.2, 0) is 23.7 Å². The number of methoxy groups -OCH3 is 1. The second kappa shape index (κ2) is 10.2. The number of ether oxygens (including phenoxy) is 1. The molecule has 0 bridgehead atoms. The second-order valence-electron chi connectivity index (χ2n) is 8.30. The van der Waals surface area contributed by atoms with Gasteiger partial charge in [0.1, 0.15) is 29.2 Å². The number of alkyl halides is 2. The highest BCUT2D eigenvalue weighted by Crippen LogP contribution is 2.39. The van der Waals surface area contributed by atoms with Gasteiger partial charge in [0.25, 0.3) is 0 Å². The van der Waals surface area contributed by atoms with Crippen molar-refractivity contribution in [2.75, 3.05) is 20.0 Å². The maximum absolute atomic E-state index is 15.0. The summed E-state index contributed by atoms with van der Waals surface area (Å²) in [4.78, 5) is 21.8. The van der Waals surface area contributed by atoms with E-state index in [2.05, 4.69) is 19.4 Å². The summed E-state index contributed by atoms with van der Waals surface area (Å²) in [5.41, 5.74) is -0.101. The Labute approximate surface area is 209 Å². The molecule has 7 nitrogen and oxygen atoms in total. The predicted octanol–water partition coefficient (Wildman–Crippen LogP) is 4.10. The predicted molar refractivity (Wildman–Crippen MR) is 131 cm³/mol. The molecule has 1 aromatic carbocycles. The number of fused-ring (bicyclic) bond motifs is 2. The number of imidazole rings is 1. The largest absolute Gasteiger partial charge is 0.388 e. The van der Waals surface area contributed by atoms with Crippen molar-refractivity contribution in [2.24, 2.45) is 4.99 Å². The molecule has 0 amide bonds. The van der Waals surface area contributed by atoms with E-state index in [4.69, 9.17) is 0 Å². The van der Waals surface area contributed by atoms with Crippen LogP contribution in [0.4, 0.5) is 17.6 Å². The lowest BCUT2D eigenvalue weighted by Crippen LogP contribution is -2.38. The van der Waals surface area contributed by atoms with Gasteiger partial charge in [-0.25, -0.2) is 13.6 Å². The molecular weight excluding hydrogens is 498 g/mol. The molecule has 5 rings (SSSR count). The Balaban J connectivity index is 0.000000967. The van der Waals surface area contributed by atoms with Crippen LogP contribution in [0.2, 0.25) is 0 Å². The summed E-state index contributed by atoms with van der Waals surface area (Å²) >= 11 is 1.16. The molecule has 0 spiro atoms. The van der Waals surface area contributed by atoms with Crippen LogP contribution in [0, 0.1) is 18.6 Å². The van der Waals surface area contributed by atoms with Gasteiger partial charge in [-0.2, -0.15) is 8.78 Å². The first-order chi connectivity index (χ1) is 17.1. The van der Waals surface area contributed by atoms with Gasteiger partial charge in [0.2, 0.25) is 0 Å². The number of nitrogens with zero attached hydrogens (tertiary/aromatic N) is 4. The minimum atomic E-state index is -3.28. The number of aliphatic imine (C=N–C) groups is 1. The Morgan fingerprint density at radius 1 is 1.22 bits per heavy atom. The Kier molecular flexibility index (Phi) is 7.39. The molecule has 2 aliphatic rings. The third-order valence-corrected chi connectivity index (χ3v) is 6.51. The lowest BCUT2D eigenvalue weighted by atomic mass is 9.99. The lowest BCUT2D eigenvalue weighted by molar-refractivity contribution is -0.0240. The molecule has 0 aliphatic carbocycles. The first-order valence-corrected chi connectivity index (χ1v) is 12.1. The zero-order chi connectivity index (χ0) is 26.2. The van der Waals surface area contributed by atoms with Crippen LogP contribution in [0.1, 0.15) is 29.4 Å². The molecule has 36 heavy (non-hydrogen) atoms. The van der Waals surface area contributed by atoms with Crippen LogP contribution in [0.25, 0.3) is 11.3 Å². The van der Waals surface area contributed by atoms with Gasteiger partial charge in [-0.3, -0.25) is 23.8 Å². The number of hydrogen-bond donors (Lipinski definition) is 1. The first kappa shape index (κ1) is 26.1. The van der Waals surface area contributed by atoms with Crippen LogP contribution in [-0.4, -0.2) is 46.0 Å². The summed E-state index contributed by atoms with van der Waals surface area (Å²) in [6.07, 6.45) is 1.07. The lowest BCUT2D eigenvalue weighted by Gasteiger charge is -2.19. The first-order valence-electron chi connectivity index (χ1n) is 11.1. The number of hydrogen-bond acceptors (Lipinski definition) is 6. The molecule has 2 aromatic heterocycles. The van der Waals surface area contributed by atoms with Gasteiger partial charge in [0.05, 0.1) is 24.3 Å². The number of aryl methyl sites for hydroxylation is 1. The van der Waals surface area contributed by atoms with E-state index in [9.17, 15) is 13.6 Å². The fourth-order valence-electron chi connectivity index (χ4n) is 4.30. The SMILES string of the molecule is CCSN[C@@H]1Cn2c(cn(C3=NCc4cc(C)nc(-c5c(F)cccc5F)c43)c2=O)C1(F)F.COC. The van der Waals surface area contributed by atoms with Crippen molar-refractivity contribution < 1.29 is 22.3 Å². The third kappa shape index (κ3) is 4.37. The van der Waals surface area contributed by atoms with Crippen LogP contribution < -0.4 is 10.4 Å². The summed E-state index contributed by atoms with van der Waals surface area (Å²) in [5, 5.41) is 0. The van der Waals surface area contributed by atoms with Crippen molar-refractivity contribution in [2.45, 2.75) is 38.9 Å². The molecule has 3 aromatic rings. The average Bonchev–Trinajstić information content (AvgIpc) is 3.44. The van der Waals surface area contributed by atoms with Gasteiger partial charge in [-0.1, -0.05) is 24.9 Å². The molecule has 12 heteroatoms. The fourth-order valence-corrected chi connectivity index (χ4v) is 4.89.